The quantitative estimate of drug-likeness (QED) is 0.0361. The maximum Gasteiger partial charge on any atom is 0.312 e. The lowest BCUT2D eigenvalue weighted by Crippen LogP contribution is -2.59. The number of imide groups is 1. The van der Waals surface area contributed by atoms with Crippen LogP contribution in [-0.4, -0.2) is 230 Å². The van der Waals surface area contributed by atoms with Crippen LogP contribution in [0, 0.1) is 29.6 Å². The Balaban J connectivity index is 1.64. The van der Waals surface area contributed by atoms with Crippen LogP contribution in [0.15, 0.2) is 41.3 Å². The van der Waals surface area contributed by atoms with Crippen LogP contribution >= 0.6 is 0 Å². The minimum absolute atomic E-state index is 0.00784. The molecule has 1 unspecified atom stereocenters. The third-order valence-corrected chi connectivity index (χ3v) is 17.4. The van der Waals surface area contributed by atoms with Gasteiger partial charge in [0.1, 0.15) is 18.1 Å². The number of anilines is 1. The number of nitrogens with two attached hydrogens (primary N) is 1. The molecular formula is C61H101N11O17S. The predicted octanol–water partition coefficient (Wildman–Crippen LogP) is 1.52. The summed E-state index contributed by atoms with van der Waals surface area (Å²) in [5.74, 6) is -6.41. The van der Waals surface area contributed by atoms with E-state index in [1.807, 2.05) is 60.5 Å². The molecule has 90 heavy (non-hydrogen) atoms. The Kier molecular flexibility index (Phi) is 33.0. The molecule has 10 atom stereocenters. The number of carbonyl (C=O) groups excluding carboxylic acids is 10. The van der Waals surface area contributed by atoms with Crippen LogP contribution in [0.25, 0.3) is 0 Å². The first-order valence-corrected chi connectivity index (χ1v) is 32.4. The molecule has 2 aliphatic heterocycles. The maximum absolute atomic E-state index is 14.4. The third-order valence-electron chi connectivity index (χ3n) is 16.1. The fourth-order valence-corrected chi connectivity index (χ4v) is 12.0. The van der Waals surface area contributed by atoms with Crippen LogP contribution in [-0.2, 0) is 76.9 Å². The molecule has 28 nitrogen and oxygen atoms in total. The van der Waals surface area contributed by atoms with Crippen molar-refractivity contribution in [3.05, 3.63) is 36.4 Å². The van der Waals surface area contributed by atoms with E-state index in [1.165, 1.54) is 57.6 Å². The van der Waals surface area contributed by atoms with Crippen molar-refractivity contribution < 1.29 is 80.0 Å². The van der Waals surface area contributed by atoms with Gasteiger partial charge in [-0.3, -0.25) is 53.0 Å². The first-order chi connectivity index (χ1) is 42.4. The molecular weight excluding hydrogens is 1190 g/mol. The van der Waals surface area contributed by atoms with Gasteiger partial charge in [-0.15, -0.1) is 0 Å². The van der Waals surface area contributed by atoms with Gasteiger partial charge in [0.15, 0.2) is 0 Å². The average Bonchev–Trinajstić information content (AvgIpc) is 1.72. The van der Waals surface area contributed by atoms with Crippen LogP contribution in [0.4, 0.5) is 10.5 Å². The van der Waals surface area contributed by atoms with E-state index in [-0.39, 0.29) is 136 Å². The molecule has 29 heteroatoms. The standard InChI is InChI=1S/C61H101N11O17S/c1-15-40(8)54(70(12)60(81)52(38(4)5)67-59(80)53(39(6)7)69(10)11)46(85-13)36-50(76)71-28-17-19-45(71)55(86-14)41(9)56(77)68-90(83,84)43-22-20-42(21-23-43)64-57(78)44(18-16-27-63-61(62)82)65-58(79)51(37(2)3)66-47(73)26-30-87-32-34-89-35-33-88-31-29-72-48(74)24-25-49(72)75/h20-25,37-41,44-46,51-55H,15-19,26-36H2,1-14H3,(H,64,78)(H,65,79)(H,66,73)(H,67,80)(H,68,77)(H3,62,63,82)/t40-,41+,44?,45-,46+,51-,52-,53-,54-,55+/m0/s1. The lowest BCUT2D eigenvalue weighted by atomic mass is 9.89. The minimum Gasteiger partial charge on any atom is -0.379 e. The zero-order valence-corrected chi connectivity index (χ0v) is 55.8. The molecule has 1 aromatic carbocycles. The summed E-state index contributed by atoms with van der Waals surface area (Å²) in [5.41, 5.74) is 5.35. The zero-order chi connectivity index (χ0) is 67.6. The first-order valence-electron chi connectivity index (χ1n) is 30.9. The fraction of sp³-hybridized carbons (Fsp3) is 0.705. The molecule has 1 aromatic rings. The number of nitrogens with one attached hydrogen (secondary N) is 6. The monoisotopic (exact) mass is 1290 g/mol. The van der Waals surface area contributed by atoms with Crippen LogP contribution in [0.2, 0.25) is 0 Å². The number of urea groups is 1. The van der Waals surface area contributed by atoms with E-state index in [0.29, 0.717) is 25.8 Å². The van der Waals surface area contributed by atoms with Crippen molar-refractivity contribution in [2.75, 3.05) is 100.0 Å². The van der Waals surface area contributed by atoms with Crippen molar-refractivity contribution >= 4 is 74.9 Å². The smallest absolute Gasteiger partial charge is 0.312 e. The molecule has 1 saturated heterocycles. The van der Waals surface area contributed by atoms with Gasteiger partial charge in [0.05, 0.1) is 93.8 Å². The molecule has 0 saturated carbocycles. The van der Waals surface area contributed by atoms with Crippen LogP contribution in [0.1, 0.15) is 107 Å². The molecule has 0 spiro atoms. The number of rotatable bonds is 41. The summed E-state index contributed by atoms with van der Waals surface area (Å²) in [7, 11) is 3.63. The van der Waals surface area contributed by atoms with Crippen molar-refractivity contribution in [1.29, 1.82) is 0 Å². The number of primary amides is 1. The summed E-state index contributed by atoms with van der Waals surface area (Å²) in [6, 6.07) is -0.698. The Morgan fingerprint density at radius 3 is 1.84 bits per heavy atom. The average molecular weight is 1290 g/mol. The fourth-order valence-electron chi connectivity index (χ4n) is 11.0. The Bertz CT molecular complexity index is 2670. The van der Waals surface area contributed by atoms with Gasteiger partial charge in [-0.25, -0.2) is 17.9 Å². The predicted molar refractivity (Wildman–Crippen MR) is 334 cm³/mol. The molecule has 2 aliphatic rings. The number of hydrogen-bond acceptors (Lipinski definition) is 18. The van der Waals surface area contributed by atoms with Crippen molar-refractivity contribution in [3.63, 3.8) is 0 Å². The van der Waals surface area contributed by atoms with E-state index in [2.05, 4.69) is 31.3 Å². The topological polar surface area (TPSA) is 362 Å². The highest BCUT2D eigenvalue weighted by atomic mass is 32.2. The van der Waals surface area contributed by atoms with Gasteiger partial charge in [0, 0.05) is 58.6 Å². The summed E-state index contributed by atoms with van der Waals surface area (Å²) < 4.78 is 57.9. The SMILES string of the molecule is CC[C@H](C)[C@@H]([C@@H](CC(=O)N1CCC[C@H]1[C@H](OC)[C@@H](C)C(=O)NS(=O)(=O)c1ccc(NC(=O)C(CCCNC(N)=O)NC(=O)[C@@H](NC(=O)CCOCCOCCOCCN2C(=O)C=CC2=O)C(C)C)cc1)OC)N(C)C(=O)[C@@H](NC(=O)[C@H](C(C)C)N(C)C)C(C)C. The second kappa shape index (κ2) is 38.3. The van der Waals surface area contributed by atoms with E-state index in [4.69, 9.17) is 29.4 Å². The van der Waals surface area contributed by atoms with E-state index >= 15 is 0 Å². The lowest BCUT2D eigenvalue weighted by Gasteiger charge is -2.41. The highest BCUT2D eigenvalue weighted by Crippen LogP contribution is 2.30. The van der Waals surface area contributed by atoms with Crippen LogP contribution in [0.5, 0.6) is 0 Å². The molecule has 2 heterocycles. The van der Waals surface area contributed by atoms with Gasteiger partial charge < -0.3 is 65.8 Å². The maximum atomic E-state index is 14.4. The van der Waals surface area contributed by atoms with Crippen molar-refractivity contribution in [2.45, 2.75) is 161 Å². The first kappa shape index (κ1) is 77.6. The Hall–Kier alpha value is -6.63. The van der Waals surface area contributed by atoms with E-state index in [9.17, 15) is 56.4 Å². The Labute approximate surface area is 530 Å². The minimum atomic E-state index is -4.53. The molecule has 11 amide bonds. The number of ether oxygens (including phenoxy) is 5. The summed E-state index contributed by atoms with van der Waals surface area (Å²) in [6.45, 7) is 18.0. The van der Waals surface area contributed by atoms with Gasteiger partial charge >= 0.3 is 6.03 Å². The lowest BCUT2D eigenvalue weighted by molar-refractivity contribution is -0.148. The molecule has 1 fully saturated rings. The van der Waals surface area contributed by atoms with Gasteiger partial charge in [0.2, 0.25) is 41.4 Å². The van der Waals surface area contributed by atoms with Crippen molar-refractivity contribution in [1.82, 2.24) is 45.6 Å². The molecule has 3 rings (SSSR count). The number of likely N-dealkylation sites (N-methyl/N-ethyl adjacent to an activating group) is 2. The number of hydrogen-bond donors (Lipinski definition) is 7. The number of benzene rings is 1. The molecule has 0 aromatic heterocycles. The highest BCUT2D eigenvalue weighted by molar-refractivity contribution is 7.90. The Morgan fingerprint density at radius 2 is 1.31 bits per heavy atom. The number of sulfonamides is 1. The largest absolute Gasteiger partial charge is 0.379 e. The summed E-state index contributed by atoms with van der Waals surface area (Å²) in [4.78, 5) is 137. The van der Waals surface area contributed by atoms with E-state index < -0.39 is 100.0 Å². The van der Waals surface area contributed by atoms with E-state index in [1.54, 1.807) is 30.7 Å². The van der Waals surface area contributed by atoms with Crippen molar-refractivity contribution in [3.8, 4) is 0 Å². The summed E-state index contributed by atoms with van der Waals surface area (Å²) >= 11 is 0. The number of methoxy groups -OCH3 is 2. The van der Waals surface area contributed by atoms with Crippen LogP contribution < -0.4 is 37.0 Å². The third kappa shape index (κ3) is 23.9. The molecule has 0 aliphatic carbocycles. The molecule has 508 valence electrons. The summed E-state index contributed by atoms with van der Waals surface area (Å²) in [5, 5.41) is 13.5. The van der Waals surface area contributed by atoms with Gasteiger partial charge in [0.25, 0.3) is 21.8 Å². The number of nitrogens with zero attached hydrogens (tertiary/aromatic N) is 4. The molecule has 0 radical (unpaired) electrons. The van der Waals surface area contributed by atoms with E-state index in [0.717, 1.165) is 4.90 Å². The summed E-state index contributed by atoms with van der Waals surface area (Å²) in [6.07, 6.45) is 2.30. The second-order valence-electron chi connectivity index (χ2n) is 24.0. The number of carbonyl (C=O) groups is 10. The normalized spacial score (nSPS) is 17.3. The number of amides is 11. The second-order valence-corrected chi connectivity index (χ2v) is 25.7. The molecule has 0 bridgehead atoms. The zero-order valence-electron chi connectivity index (χ0n) is 55.0. The number of likely N-dealkylation sites (tertiary alicyclic amines) is 1. The Morgan fingerprint density at radius 1 is 0.722 bits per heavy atom. The van der Waals surface area contributed by atoms with Gasteiger partial charge in [-0.2, -0.15) is 0 Å². The van der Waals surface area contributed by atoms with Gasteiger partial charge in [-0.05, 0) is 87.7 Å². The highest BCUT2D eigenvalue weighted by Gasteiger charge is 2.44. The van der Waals surface area contributed by atoms with Gasteiger partial charge in [-0.1, -0.05) is 68.7 Å². The van der Waals surface area contributed by atoms with Crippen LogP contribution in [0.3, 0.4) is 0 Å². The molecule has 8 N–H and O–H groups in total. The van der Waals surface area contributed by atoms with Crippen molar-refractivity contribution in [2.24, 2.45) is 35.3 Å².